The molecule has 0 saturated heterocycles. The standard InChI is InChI=1S/C19H18ClN5O/c20-15-3-1-2-13(8-15)10-25-11-18(22-12-25)24-19(26)17-5-4-14-9-21-7-6-16(14)23-17/h1-5,8,11-12,21H,6-7,9-10H2,(H,24,26). The lowest BCUT2D eigenvalue weighted by atomic mass is 10.1. The van der Waals surface area contributed by atoms with Crippen LogP contribution in [0, 0.1) is 0 Å². The van der Waals surface area contributed by atoms with Crippen molar-refractivity contribution in [2.24, 2.45) is 0 Å². The van der Waals surface area contributed by atoms with Gasteiger partial charge in [-0.25, -0.2) is 9.97 Å². The SMILES string of the molecule is O=C(Nc1cn(Cc2cccc(Cl)c2)cn1)c1ccc2c(n1)CCNC2. The summed E-state index contributed by atoms with van der Waals surface area (Å²) in [7, 11) is 0. The van der Waals surface area contributed by atoms with Gasteiger partial charge in [-0.15, -0.1) is 0 Å². The van der Waals surface area contributed by atoms with E-state index in [1.165, 1.54) is 0 Å². The lowest BCUT2D eigenvalue weighted by molar-refractivity contribution is 0.102. The van der Waals surface area contributed by atoms with Crippen LogP contribution < -0.4 is 10.6 Å². The molecule has 0 aliphatic carbocycles. The highest BCUT2D eigenvalue weighted by Gasteiger charge is 2.15. The van der Waals surface area contributed by atoms with Crippen molar-refractivity contribution < 1.29 is 4.79 Å². The molecule has 132 valence electrons. The molecule has 1 aromatic carbocycles. The van der Waals surface area contributed by atoms with Crippen LogP contribution in [0.2, 0.25) is 5.02 Å². The van der Waals surface area contributed by atoms with Crippen LogP contribution in [-0.4, -0.2) is 27.0 Å². The first-order chi connectivity index (χ1) is 12.7. The fraction of sp³-hybridized carbons (Fsp3) is 0.211. The molecule has 6 nitrogen and oxygen atoms in total. The number of carbonyl (C=O) groups excluding carboxylic acids is 1. The van der Waals surface area contributed by atoms with Crippen LogP contribution in [0.1, 0.15) is 27.3 Å². The van der Waals surface area contributed by atoms with Gasteiger partial charge in [-0.3, -0.25) is 4.79 Å². The summed E-state index contributed by atoms with van der Waals surface area (Å²) in [6.45, 7) is 2.32. The van der Waals surface area contributed by atoms with Crippen LogP contribution >= 0.6 is 11.6 Å². The second kappa shape index (κ2) is 7.27. The van der Waals surface area contributed by atoms with Crippen LogP contribution in [0.3, 0.4) is 0 Å². The third-order valence-electron chi connectivity index (χ3n) is 4.28. The van der Waals surface area contributed by atoms with Crippen molar-refractivity contribution in [2.75, 3.05) is 11.9 Å². The van der Waals surface area contributed by atoms with Gasteiger partial charge in [0, 0.05) is 43.0 Å². The Morgan fingerprint density at radius 1 is 1.31 bits per heavy atom. The molecular weight excluding hydrogens is 350 g/mol. The number of anilines is 1. The third-order valence-corrected chi connectivity index (χ3v) is 4.52. The van der Waals surface area contributed by atoms with Gasteiger partial charge < -0.3 is 15.2 Å². The van der Waals surface area contributed by atoms with Gasteiger partial charge in [0.05, 0.1) is 6.33 Å². The number of aromatic nitrogens is 3. The number of hydrogen-bond donors (Lipinski definition) is 2. The molecule has 0 saturated carbocycles. The van der Waals surface area contributed by atoms with E-state index in [1.807, 2.05) is 34.9 Å². The number of halogens is 1. The van der Waals surface area contributed by atoms with Gasteiger partial charge in [-0.05, 0) is 29.3 Å². The molecule has 26 heavy (non-hydrogen) atoms. The van der Waals surface area contributed by atoms with E-state index < -0.39 is 0 Å². The largest absolute Gasteiger partial charge is 0.331 e. The predicted octanol–water partition coefficient (Wildman–Crippen LogP) is 2.88. The van der Waals surface area contributed by atoms with E-state index >= 15 is 0 Å². The Balaban J connectivity index is 1.44. The Bertz CT molecular complexity index is 953. The molecule has 1 amide bonds. The Kier molecular flexibility index (Phi) is 4.69. The van der Waals surface area contributed by atoms with Crippen LogP contribution in [0.4, 0.5) is 5.82 Å². The van der Waals surface area contributed by atoms with Gasteiger partial charge in [-0.1, -0.05) is 29.8 Å². The summed E-state index contributed by atoms with van der Waals surface area (Å²) in [5.41, 5.74) is 3.62. The average molecular weight is 368 g/mol. The first-order valence-corrected chi connectivity index (χ1v) is 8.82. The maximum atomic E-state index is 12.5. The summed E-state index contributed by atoms with van der Waals surface area (Å²) in [5, 5.41) is 6.80. The summed E-state index contributed by atoms with van der Waals surface area (Å²) in [5.74, 6) is 0.248. The zero-order valence-corrected chi connectivity index (χ0v) is 14.8. The van der Waals surface area contributed by atoms with E-state index in [2.05, 4.69) is 20.6 Å². The summed E-state index contributed by atoms with van der Waals surface area (Å²) in [6, 6.07) is 11.4. The Labute approximate surface area is 156 Å². The summed E-state index contributed by atoms with van der Waals surface area (Å²) in [6.07, 6.45) is 4.31. The van der Waals surface area contributed by atoms with Crippen molar-refractivity contribution in [2.45, 2.75) is 19.5 Å². The zero-order valence-electron chi connectivity index (χ0n) is 14.1. The van der Waals surface area contributed by atoms with Crippen LogP contribution in [0.5, 0.6) is 0 Å². The second-order valence-electron chi connectivity index (χ2n) is 6.24. The highest BCUT2D eigenvalue weighted by atomic mass is 35.5. The van der Waals surface area contributed by atoms with Crippen LogP contribution in [-0.2, 0) is 19.5 Å². The number of hydrogen-bond acceptors (Lipinski definition) is 4. The van der Waals surface area contributed by atoms with E-state index in [1.54, 1.807) is 18.6 Å². The minimum atomic E-state index is -0.251. The monoisotopic (exact) mass is 367 g/mol. The first-order valence-electron chi connectivity index (χ1n) is 8.44. The molecule has 0 atom stereocenters. The quantitative estimate of drug-likeness (QED) is 0.743. The van der Waals surface area contributed by atoms with Crippen molar-refractivity contribution in [1.29, 1.82) is 0 Å². The molecular formula is C19H18ClN5O. The maximum absolute atomic E-state index is 12.5. The van der Waals surface area contributed by atoms with Crippen molar-refractivity contribution in [3.05, 3.63) is 76.5 Å². The summed E-state index contributed by atoms with van der Waals surface area (Å²) >= 11 is 6.01. The number of amides is 1. The van der Waals surface area contributed by atoms with Crippen molar-refractivity contribution >= 4 is 23.3 Å². The van der Waals surface area contributed by atoms with Gasteiger partial charge in [0.1, 0.15) is 5.69 Å². The Morgan fingerprint density at radius 2 is 2.23 bits per heavy atom. The molecule has 3 aromatic rings. The van der Waals surface area contributed by atoms with Gasteiger partial charge in [0.2, 0.25) is 0 Å². The molecule has 2 aromatic heterocycles. The predicted molar refractivity (Wildman–Crippen MR) is 100 cm³/mol. The van der Waals surface area contributed by atoms with Gasteiger partial charge >= 0.3 is 0 Å². The highest BCUT2D eigenvalue weighted by molar-refractivity contribution is 6.30. The summed E-state index contributed by atoms with van der Waals surface area (Å²) in [4.78, 5) is 21.2. The second-order valence-corrected chi connectivity index (χ2v) is 6.68. The number of nitrogens with one attached hydrogen (secondary N) is 2. The molecule has 4 rings (SSSR count). The first kappa shape index (κ1) is 16.8. The maximum Gasteiger partial charge on any atom is 0.275 e. The van der Waals surface area contributed by atoms with Gasteiger partial charge in [-0.2, -0.15) is 0 Å². The molecule has 0 radical (unpaired) electrons. The molecule has 2 N–H and O–H groups in total. The fourth-order valence-corrected chi connectivity index (χ4v) is 3.21. The molecule has 0 bridgehead atoms. The zero-order chi connectivity index (χ0) is 17.9. The number of benzene rings is 1. The number of pyridine rings is 1. The number of rotatable bonds is 4. The minimum Gasteiger partial charge on any atom is -0.331 e. The molecule has 1 aliphatic heterocycles. The molecule has 1 aliphatic rings. The lowest BCUT2D eigenvalue weighted by Crippen LogP contribution is -2.25. The number of imidazole rings is 1. The van der Waals surface area contributed by atoms with Crippen molar-refractivity contribution in [3.63, 3.8) is 0 Å². The average Bonchev–Trinajstić information content (AvgIpc) is 3.08. The van der Waals surface area contributed by atoms with Gasteiger partial charge in [0.15, 0.2) is 5.82 Å². The van der Waals surface area contributed by atoms with Crippen LogP contribution in [0.25, 0.3) is 0 Å². The summed E-state index contributed by atoms with van der Waals surface area (Å²) < 4.78 is 1.90. The van der Waals surface area contributed by atoms with E-state index in [0.29, 0.717) is 23.1 Å². The Morgan fingerprint density at radius 3 is 3.12 bits per heavy atom. The van der Waals surface area contributed by atoms with Crippen molar-refractivity contribution in [3.8, 4) is 0 Å². The van der Waals surface area contributed by atoms with Gasteiger partial charge in [0.25, 0.3) is 5.91 Å². The molecule has 0 unspecified atom stereocenters. The van der Waals surface area contributed by atoms with E-state index in [0.717, 1.165) is 36.3 Å². The van der Waals surface area contributed by atoms with E-state index in [9.17, 15) is 4.79 Å². The fourth-order valence-electron chi connectivity index (χ4n) is 3.00. The molecule has 0 fully saturated rings. The van der Waals surface area contributed by atoms with Crippen molar-refractivity contribution in [1.82, 2.24) is 19.9 Å². The minimum absolute atomic E-state index is 0.251. The highest BCUT2D eigenvalue weighted by Crippen LogP contribution is 2.15. The number of fused-ring (bicyclic) bond motifs is 1. The Hall–Kier alpha value is -2.70. The normalized spacial score (nSPS) is 13.3. The lowest BCUT2D eigenvalue weighted by Gasteiger charge is -2.16. The smallest absolute Gasteiger partial charge is 0.275 e. The molecule has 7 heteroatoms. The molecule has 3 heterocycles. The number of carbonyl (C=O) groups is 1. The molecule has 0 spiro atoms. The third kappa shape index (κ3) is 3.76. The topological polar surface area (TPSA) is 71.8 Å². The number of nitrogens with zero attached hydrogens (tertiary/aromatic N) is 3. The van der Waals surface area contributed by atoms with E-state index in [4.69, 9.17) is 11.6 Å². The van der Waals surface area contributed by atoms with Crippen LogP contribution in [0.15, 0.2) is 48.9 Å². The van der Waals surface area contributed by atoms with E-state index in [-0.39, 0.29) is 5.91 Å².